The summed E-state index contributed by atoms with van der Waals surface area (Å²) >= 11 is 0. The van der Waals surface area contributed by atoms with E-state index in [1.54, 1.807) is 6.07 Å². The van der Waals surface area contributed by atoms with Gasteiger partial charge in [-0.3, -0.25) is 9.59 Å². The molecule has 0 unspecified atom stereocenters. The van der Waals surface area contributed by atoms with Gasteiger partial charge in [0, 0.05) is 20.5 Å². The number of rotatable bonds is 8. The number of benzene rings is 1. The van der Waals surface area contributed by atoms with Crippen LogP contribution in [0.1, 0.15) is 12.8 Å². The molecule has 0 spiro atoms. The Morgan fingerprint density at radius 1 is 1.14 bits per heavy atom. The summed E-state index contributed by atoms with van der Waals surface area (Å²) in [6, 6.07) is 5.88. The Labute approximate surface area is 128 Å². The van der Waals surface area contributed by atoms with E-state index in [9.17, 15) is 23.1 Å². The third-order valence-electron chi connectivity index (χ3n) is 2.86. The average Bonchev–Trinajstić information content (AvgIpc) is 2.42. The molecule has 0 radical (unpaired) electrons. The van der Waals surface area contributed by atoms with E-state index in [0.717, 1.165) is 5.01 Å². The summed E-state index contributed by atoms with van der Waals surface area (Å²) in [4.78, 5) is 22.0. The van der Waals surface area contributed by atoms with Crippen LogP contribution >= 0.6 is 0 Å². The molecule has 0 amide bonds. The monoisotopic (exact) mass is 330 g/mol. The van der Waals surface area contributed by atoms with Gasteiger partial charge in [-0.05, 0) is 18.6 Å². The molecule has 22 heavy (non-hydrogen) atoms. The molecule has 1 rings (SSSR count). The molecule has 1 aromatic carbocycles. The molecule has 0 fully saturated rings. The van der Waals surface area contributed by atoms with Gasteiger partial charge in [0.25, 0.3) is 10.0 Å². The fourth-order valence-corrected chi connectivity index (χ4v) is 3.63. The summed E-state index contributed by atoms with van der Waals surface area (Å²) in [5.41, 5.74) is 0. The predicted molar refractivity (Wildman–Crippen MR) is 77.4 cm³/mol. The van der Waals surface area contributed by atoms with Crippen molar-refractivity contribution in [2.24, 2.45) is 0 Å². The first-order valence-electron chi connectivity index (χ1n) is 6.39. The molecule has 0 saturated heterocycles. The minimum Gasteiger partial charge on any atom is -0.481 e. The predicted octanol–water partition coefficient (Wildman–Crippen LogP) is 0.472. The van der Waals surface area contributed by atoms with Crippen LogP contribution in [0.5, 0.6) is 0 Å². The minimum absolute atomic E-state index is 0.0646. The fraction of sp³-hybridized carbons (Fsp3) is 0.385. The van der Waals surface area contributed by atoms with Gasteiger partial charge in [-0.15, -0.1) is 4.41 Å². The number of carboxylic acid groups (broad SMARTS) is 2. The highest BCUT2D eigenvalue weighted by molar-refractivity contribution is 7.89. The molecule has 9 heteroatoms. The summed E-state index contributed by atoms with van der Waals surface area (Å²) in [5.74, 6) is -2.60. The second-order valence-corrected chi connectivity index (χ2v) is 6.52. The Morgan fingerprint density at radius 2 is 1.68 bits per heavy atom. The molecule has 0 aromatic heterocycles. The van der Waals surface area contributed by atoms with Crippen LogP contribution in [-0.2, 0) is 19.6 Å². The third-order valence-corrected chi connectivity index (χ3v) is 4.81. The van der Waals surface area contributed by atoms with E-state index >= 15 is 0 Å². The van der Waals surface area contributed by atoms with Gasteiger partial charge in [0.15, 0.2) is 0 Å². The smallest absolute Gasteiger partial charge is 0.323 e. The highest BCUT2D eigenvalue weighted by atomic mass is 32.2. The summed E-state index contributed by atoms with van der Waals surface area (Å²) in [5, 5.41) is 19.1. The normalized spacial score (nSPS) is 13.3. The minimum atomic E-state index is -4.11. The lowest BCUT2D eigenvalue weighted by Gasteiger charge is -2.32. The van der Waals surface area contributed by atoms with Gasteiger partial charge in [0.2, 0.25) is 0 Å². The van der Waals surface area contributed by atoms with Gasteiger partial charge in [0.1, 0.15) is 6.04 Å². The lowest BCUT2D eigenvalue weighted by Crippen LogP contribution is -2.52. The van der Waals surface area contributed by atoms with Crippen LogP contribution < -0.4 is 0 Å². The quantitative estimate of drug-likeness (QED) is 0.666. The van der Waals surface area contributed by atoms with Gasteiger partial charge >= 0.3 is 11.9 Å². The van der Waals surface area contributed by atoms with Crippen molar-refractivity contribution in [2.75, 3.05) is 14.1 Å². The lowest BCUT2D eigenvalue weighted by atomic mass is 10.2. The Balaban J connectivity index is 3.25. The van der Waals surface area contributed by atoms with Crippen molar-refractivity contribution in [3.05, 3.63) is 30.3 Å². The SMILES string of the molecule is CN(C)N([C@@H](CCC(=O)O)C(=O)O)S(=O)(=O)c1ccccc1. The lowest BCUT2D eigenvalue weighted by molar-refractivity contribution is -0.146. The number of carbonyl (C=O) groups is 2. The first kappa shape index (κ1) is 18.1. The number of sulfonamides is 1. The van der Waals surface area contributed by atoms with E-state index in [1.807, 2.05) is 0 Å². The zero-order valence-electron chi connectivity index (χ0n) is 12.2. The molecule has 0 saturated carbocycles. The van der Waals surface area contributed by atoms with E-state index in [2.05, 4.69) is 0 Å². The van der Waals surface area contributed by atoms with Crippen LogP contribution in [-0.4, -0.2) is 60.1 Å². The number of hydrazine groups is 1. The molecule has 0 aliphatic carbocycles. The van der Waals surface area contributed by atoms with Crippen LogP contribution in [0.3, 0.4) is 0 Å². The highest BCUT2D eigenvalue weighted by Crippen LogP contribution is 2.21. The van der Waals surface area contributed by atoms with Crippen molar-refractivity contribution < 1.29 is 28.2 Å². The Kier molecular flexibility index (Phi) is 6.03. The second kappa shape index (κ2) is 7.34. The summed E-state index contributed by atoms with van der Waals surface area (Å²) in [6.07, 6.45) is -0.791. The van der Waals surface area contributed by atoms with Crippen molar-refractivity contribution in [2.45, 2.75) is 23.8 Å². The van der Waals surface area contributed by atoms with Crippen LogP contribution in [0.15, 0.2) is 35.2 Å². The molecule has 0 aliphatic rings. The molecule has 0 heterocycles. The Bertz CT molecular complexity index is 629. The van der Waals surface area contributed by atoms with Crippen LogP contribution in [0, 0.1) is 0 Å². The second-order valence-electron chi connectivity index (χ2n) is 4.72. The molecule has 0 bridgehead atoms. The van der Waals surface area contributed by atoms with Crippen LogP contribution in [0.25, 0.3) is 0 Å². The highest BCUT2D eigenvalue weighted by Gasteiger charge is 2.37. The first-order valence-corrected chi connectivity index (χ1v) is 7.83. The van der Waals surface area contributed by atoms with Crippen molar-refractivity contribution in [1.29, 1.82) is 0 Å². The van der Waals surface area contributed by atoms with Crippen LogP contribution in [0.4, 0.5) is 0 Å². The largest absolute Gasteiger partial charge is 0.481 e. The Morgan fingerprint density at radius 3 is 2.09 bits per heavy atom. The number of aliphatic carboxylic acids is 2. The molecular formula is C13H18N2O6S. The van der Waals surface area contributed by atoms with Gasteiger partial charge in [-0.25, -0.2) is 13.4 Å². The van der Waals surface area contributed by atoms with Crippen molar-refractivity contribution in [1.82, 2.24) is 9.42 Å². The maximum absolute atomic E-state index is 12.6. The van der Waals surface area contributed by atoms with E-state index in [-0.39, 0.29) is 11.3 Å². The van der Waals surface area contributed by atoms with Gasteiger partial charge in [-0.1, -0.05) is 18.2 Å². The van der Waals surface area contributed by atoms with Crippen molar-refractivity contribution in [3.8, 4) is 0 Å². The van der Waals surface area contributed by atoms with Gasteiger partial charge < -0.3 is 10.2 Å². The molecule has 0 aliphatic heterocycles. The zero-order chi connectivity index (χ0) is 16.9. The molecule has 1 atom stereocenters. The molecular weight excluding hydrogens is 312 g/mol. The maximum atomic E-state index is 12.6. The summed E-state index contributed by atoms with van der Waals surface area (Å²) in [7, 11) is -1.33. The number of carboxylic acids is 2. The van der Waals surface area contributed by atoms with E-state index < -0.39 is 34.4 Å². The van der Waals surface area contributed by atoms with E-state index in [1.165, 1.54) is 38.4 Å². The summed E-state index contributed by atoms with van der Waals surface area (Å²) < 4.78 is 26.0. The zero-order valence-corrected chi connectivity index (χ0v) is 13.0. The number of hydrogen-bond donors (Lipinski definition) is 2. The van der Waals surface area contributed by atoms with E-state index in [4.69, 9.17) is 5.11 Å². The summed E-state index contributed by atoms with van der Waals surface area (Å²) in [6.45, 7) is 0. The standard InChI is InChI=1S/C13H18N2O6S/c1-14(2)15(11(13(18)19)8-9-12(16)17)22(20,21)10-6-4-3-5-7-10/h3-7,11H,8-9H2,1-2H3,(H,16,17)(H,18,19)/t11-/m0/s1. The molecule has 8 nitrogen and oxygen atoms in total. The Hall–Kier alpha value is -1.97. The number of nitrogens with zero attached hydrogens (tertiary/aromatic N) is 2. The molecule has 122 valence electrons. The fourth-order valence-electron chi connectivity index (χ4n) is 1.95. The van der Waals surface area contributed by atoms with E-state index in [0.29, 0.717) is 4.41 Å². The van der Waals surface area contributed by atoms with Crippen molar-refractivity contribution >= 4 is 22.0 Å². The average molecular weight is 330 g/mol. The molecule has 2 N–H and O–H groups in total. The van der Waals surface area contributed by atoms with Crippen LogP contribution in [0.2, 0.25) is 0 Å². The van der Waals surface area contributed by atoms with Crippen molar-refractivity contribution in [3.63, 3.8) is 0 Å². The number of hydrogen-bond acceptors (Lipinski definition) is 5. The first-order chi connectivity index (χ1) is 10.2. The molecule has 1 aromatic rings. The maximum Gasteiger partial charge on any atom is 0.323 e. The van der Waals surface area contributed by atoms with Gasteiger partial charge in [0.05, 0.1) is 4.90 Å². The topological polar surface area (TPSA) is 115 Å². The van der Waals surface area contributed by atoms with Gasteiger partial charge in [-0.2, -0.15) is 0 Å². The third kappa shape index (κ3) is 4.26.